The molecular weight excluding hydrogens is 308 g/mol. The van der Waals surface area contributed by atoms with Gasteiger partial charge < -0.3 is 9.64 Å². The maximum Gasteiger partial charge on any atom is 0.338 e. The first kappa shape index (κ1) is 17.4. The van der Waals surface area contributed by atoms with Crippen LogP contribution in [0, 0.1) is 0 Å². The summed E-state index contributed by atoms with van der Waals surface area (Å²) in [6.07, 6.45) is 2.99. The van der Waals surface area contributed by atoms with Crippen LogP contribution in [0.5, 0.6) is 0 Å². The molecule has 2 aromatic rings. The third kappa shape index (κ3) is 4.52. The fourth-order valence-electron chi connectivity index (χ4n) is 2.10. The molecule has 0 bridgehead atoms. The number of carbonyl (C=O) groups is 2. The highest BCUT2D eigenvalue weighted by atomic mass is 16.5. The van der Waals surface area contributed by atoms with Crippen molar-refractivity contribution < 1.29 is 14.3 Å². The van der Waals surface area contributed by atoms with E-state index in [1.165, 1.54) is 6.33 Å². The topological polar surface area (TPSA) is 77.3 Å². The van der Waals surface area contributed by atoms with Crippen LogP contribution in [-0.4, -0.2) is 51.2 Å². The molecule has 1 aromatic heterocycles. The molecule has 0 radical (unpaired) electrons. The number of carbonyl (C=O) groups excluding carboxylic acids is 2. The second-order valence-corrected chi connectivity index (χ2v) is 5.33. The van der Waals surface area contributed by atoms with Crippen molar-refractivity contribution in [2.24, 2.45) is 0 Å². The summed E-state index contributed by atoms with van der Waals surface area (Å²) >= 11 is 0. The normalized spacial score (nSPS) is 10.2. The van der Waals surface area contributed by atoms with Gasteiger partial charge in [-0.25, -0.2) is 14.5 Å². The van der Waals surface area contributed by atoms with Gasteiger partial charge >= 0.3 is 5.97 Å². The van der Waals surface area contributed by atoms with Crippen molar-refractivity contribution in [1.29, 1.82) is 0 Å². The fourth-order valence-corrected chi connectivity index (χ4v) is 2.10. The first-order chi connectivity index (χ1) is 11.5. The van der Waals surface area contributed by atoms with Crippen LogP contribution in [0.1, 0.15) is 24.2 Å². The quantitative estimate of drug-likeness (QED) is 0.572. The van der Waals surface area contributed by atoms with Crippen molar-refractivity contribution in [2.45, 2.75) is 13.8 Å². The number of nitrogens with zero attached hydrogens (tertiary/aromatic N) is 4. The van der Waals surface area contributed by atoms with E-state index in [9.17, 15) is 9.59 Å². The molecule has 0 N–H and O–H groups in total. The van der Waals surface area contributed by atoms with Gasteiger partial charge in [0.25, 0.3) is 5.91 Å². The molecule has 0 atom stereocenters. The lowest BCUT2D eigenvalue weighted by Crippen LogP contribution is -2.35. The summed E-state index contributed by atoms with van der Waals surface area (Å²) in [6.45, 7) is 8.21. The van der Waals surface area contributed by atoms with Gasteiger partial charge in [0.2, 0.25) is 0 Å². The van der Waals surface area contributed by atoms with Crippen LogP contribution in [0.25, 0.3) is 5.69 Å². The lowest BCUT2D eigenvalue weighted by molar-refractivity contribution is -0.133. The highest BCUT2D eigenvalue weighted by molar-refractivity contribution is 5.91. The zero-order chi connectivity index (χ0) is 17.5. The lowest BCUT2D eigenvalue weighted by Gasteiger charge is -2.20. The van der Waals surface area contributed by atoms with Crippen LogP contribution < -0.4 is 0 Å². The maximum absolute atomic E-state index is 12.0. The Hall–Kier alpha value is -2.96. The summed E-state index contributed by atoms with van der Waals surface area (Å²) < 4.78 is 6.67. The molecule has 0 saturated heterocycles. The predicted molar refractivity (Wildman–Crippen MR) is 88.7 cm³/mol. The summed E-state index contributed by atoms with van der Waals surface area (Å²) in [5, 5.41) is 4.00. The Labute approximate surface area is 140 Å². The van der Waals surface area contributed by atoms with Crippen LogP contribution in [0.15, 0.2) is 49.1 Å². The average Bonchev–Trinajstić information content (AvgIpc) is 3.11. The Morgan fingerprint density at radius 1 is 1.29 bits per heavy atom. The molecule has 2 rings (SSSR count). The molecule has 0 aliphatic carbocycles. The molecule has 126 valence electrons. The SMILES string of the molecule is C=C(C)CN(CC)C(=O)COC(=O)c1ccc(-n2cncn2)cc1. The minimum Gasteiger partial charge on any atom is -0.452 e. The van der Waals surface area contributed by atoms with E-state index in [-0.39, 0.29) is 12.5 Å². The molecule has 0 aliphatic rings. The molecule has 24 heavy (non-hydrogen) atoms. The van der Waals surface area contributed by atoms with Crippen molar-refractivity contribution in [1.82, 2.24) is 19.7 Å². The molecule has 0 saturated carbocycles. The number of hydrogen-bond donors (Lipinski definition) is 0. The number of hydrogen-bond acceptors (Lipinski definition) is 5. The monoisotopic (exact) mass is 328 g/mol. The maximum atomic E-state index is 12.0. The van der Waals surface area contributed by atoms with Gasteiger partial charge in [-0.05, 0) is 38.1 Å². The smallest absolute Gasteiger partial charge is 0.338 e. The van der Waals surface area contributed by atoms with Crippen LogP contribution in [0.2, 0.25) is 0 Å². The van der Waals surface area contributed by atoms with Gasteiger partial charge in [-0.2, -0.15) is 5.10 Å². The fraction of sp³-hybridized carbons (Fsp3) is 0.294. The Morgan fingerprint density at radius 3 is 2.54 bits per heavy atom. The Balaban J connectivity index is 1.92. The third-order valence-corrected chi connectivity index (χ3v) is 3.31. The lowest BCUT2D eigenvalue weighted by atomic mass is 10.2. The highest BCUT2D eigenvalue weighted by Crippen LogP contribution is 2.09. The summed E-state index contributed by atoms with van der Waals surface area (Å²) in [5.41, 5.74) is 2.02. The zero-order valence-corrected chi connectivity index (χ0v) is 13.8. The third-order valence-electron chi connectivity index (χ3n) is 3.31. The number of esters is 1. The molecule has 1 amide bonds. The molecule has 1 aromatic carbocycles. The molecular formula is C17H20N4O3. The number of likely N-dealkylation sites (N-methyl/N-ethyl adjacent to an activating group) is 1. The predicted octanol–water partition coefficient (Wildman–Crippen LogP) is 1.85. The number of amides is 1. The standard InChI is InChI=1S/C17H20N4O3/c1-4-20(9-13(2)3)16(22)10-24-17(23)14-5-7-15(8-6-14)21-12-18-11-19-21/h5-8,11-12H,2,4,9-10H2,1,3H3. The van der Waals surface area contributed by atoms with Crippen molar-refractivity contribution in [3.05, 3.63) is 54.6 Å². The van der Waals surface area contributed by atoms with E-state index in [1.54, 1.807) is 40.2 Å². The second-order valence-electron chi connectivity index (χ2n) is 5.33. The van der Waals surface area contributed by atoms with Gasteiger partial charge in [-0.1, -0.05) is 12.2 Å². The zero-order valence-electron chi connectivity index (χ0n) is 13.8. The summed E-state index contributed by atoms with van der Waals surface area (Å²) in [5.74, 6) is -0.784. The average molecular weight is 328 g/mol. The van der Waals surface area contributed by atoms with Crippen molar-refractivity contribution in [3.63, 3.8) is 0 Å². The van der Waals surface area contributed by atoms with Crippen LogP contribution >= 0.6 is 0 Å². The highest BCUT2D eigenvalue weighted by Gasteiger charge is 2.15. The van der Waals surface area contributed by atoms with E-state index in [2.05, 4.69) is 16.7 Å². The van der Waals surface area contributed by atoms with Gasteiger partial charge in [0, 0.05) is 13.1 Å². The van der Waals surface area contributed by atoms with Crippen molar-refractivity contribution >= 4 is 11.9 Å². The molecule has 0 fully saturated rings. The van der Waals surface area contributed by atoms with E-state index >= 15 is 0 Å². The minimum absolute atomic E-state index is 0.243. The summed E-state index contributed by atoms with van der Waals surface area (Å²) in [7, 11) is 0. The largest absolute Gasteiger partial charge is 0.452 e. The molecule has 1 heterocycles. The van der Waals surface area contributed by atoms with Crippen molar-refractivity contribution in [3.8, 4) is 5.69 Å². The first-order valence-electron chi connectivity index (χ1n) is 7.55. The Kier molecular flexibility index (Phi) is 5.83. The Morgan fingerprint density at radius 2 is 2.00 bits per heavy atom. The van der Waals surface area contributed by atoms with Crippen LogP contribution in [0.3, 0.4) is 0 Å². The molecule has 0 unspecified atom stereocenters. The van der Waals surface area contributed by atoms with Gasteiger partial charge in [0.1, 0.15) is 12.7 Å². The number of benzene rings is 1. The molecule has 7 nitrogen and oxygen atoms in total. The Bertz CT molecular complexity index is 708. The van der Waals surface area contributed by atoms with Gasteiger partial charge in [0.05, 0.1) is 11.3 Å². The van der Waals surface area contributed by atoms with Gasteiger partial charge in [0.15, 0.2) is 6.61 Å². The van der Waals surface area contributed by atoms with E-state index < -0.39 is 5.97 Å². The molecule has 0 aliphatic heterocycles. The molecule has 0 spiro atoms. The van der Waals surface area contributed by atoms with Gasteiger partial charge in [-0.3, -0.25) is 4.79 Å². The second kappa shape index (κ2) is 8.05. The summed E-state index contributed by atoms with van der Waals surface area (Å²) in [6, 6.07) is 6.70. The first-order valence-corrected chi connectivity index (χ1v) is 7.55. The van der Waals surface area contributed by atoms with Gasteiger partial charge in [-0.15, -0.1) is 0 Å². The molecule has 7 heteroatoms. The summed E-state index contributed by atoms with van der Waals surface area (Å²) in [4.78, 5) is 29.5. The van der Waals surface area contributed by atoms with E-state index in [0.717, 1.165) is 11.3 Å². The van der Waals surface area contributed by atoms with Crippen molar-refractivity contribution in [2.75, 3.05) is 19.7 Å². The van der Waals surface area contributed by atoms with Crippen LogP contribution in [0.4, 0.5) is 0 Å². The number of ether oxygens (including phenoxy) is 1. The van der Waals surface area contributed by atoms with Crippen LogP contribution in [-0.2, 0) is 9.53 Å². The van der Waals surface area contributed by atoms with E-state index in [1.807, 2.05) is 13.8 Å². The number of aromatic nitrogens is 3. The van der Waals surface area contributed by atoms with E-state index in [0.29, 0.717) is 18.7 Å². The minimum atomic E-state index is -0.542. The number of rotatable bonds is 7. The van der Waals surface area contributed by atoms with E-state index in [4.69, 9.17) is 4.74 Å².